The number of rotatable bonds is 3. The van der Waals surface area contributed by atoms with Gasteiger partial charge < -0.3 is 0 Å². The summed E-state index contributed by atoms with van der Waals surface area (Å²) in [5.41, 5.74) is 2.04. The second-order valence-corrected chi connectivity index (χ2v) is 3.15. The Balaban J connectivity index is 2.34. The summed E-state index contributed by atoms with van der Waals surface area (Å²) in [6, 6.07) is 20.0. The molecule has 0 aromatic heterocycles. The second kappa shape index (κ2) is 4.62. The van der Waals surface area contributed by atoms with E-state index in [1.54, 1.807) is 12.2 Å². The van der Waals surface area contributed by atoms with Crippen molar-refractivity contribution >= 4 is 11.4 Å². The van der Waals surface area contributed by atoms with Gasteiger partial charge in [-0.1, -0.05) is 36.4 Å². The van der Waals surface area contributed by atoms with Crippen LogP contribution in [0.4, 0.5) is 11.4 Å². The van der Waals surface area contributed by atoms with Crippen LogP contribution < -0.4 is 5.06 Å². The first-order chi connectivity index (χ1) is 7.42. The second-order valence-electron chi connectivity index (χ2n) is 3.15. The fourth-order valence-electron chi connectivity index (χ4n) is 1.49. The molecule has 2 nitrogen and oxygen atoms in total. The molecular formula is C13H13NO. The molecule has 0 aliphatic heterocycles. The Labute approximate surface area is 89.7 Å². The quantitative estimate of drug-likeness (QED) is 0.702. The number of anilines is 2. The van der Waals surface area contributed by atoms with Gasteiger partial charge in [-0.2, -0.15) is 0 Å². The minimum Gasteiger partial charge on any atom is -0.272 e. The van der Waals surface area contributed by atoms with Gasteiger partial charge in [-0.25, -0.2) is 5.06 Å². The number of benzene rings is 2. The van der Waals surface area contributed by atoms with Crippen molar-refractivity contribution in [3.8, 4) is 0 Å². The monoisotopic (exact) mass is 199 g/mol. The Morgan fingerprint density at radius 2 is 1.13 bits per heavy atom. The highest BCUT2D eigenvalue weighted by Gasteiger charge is 2.06. The molecule has 0 atom stereocenters. The Bertz CT molecular complexity index is 360. The largest absolute Gasteiger partial charge is 0.272 e. The molecule has 2 rings (SSSR count). The third kappa shape index (κ3) is 2.17. The van der Waals surface area contributed by atoms with Gasteiger partial charge in [-0.15, -0.1) is 0 Å². The molecule has 2 aromatic rings. The summed E-state index contributed by atoms with van der Waals surface area (Å²) in [6.45, 7) is 0. The molecule has 2 heteroatoms. The van der Waals surface area contributed by atoms with Crippen LogP contribution in [-0.2, 0) is 4.84 Å². The van der Waals surface area contributed by atoms with Crippen LogP contribution in [0.1, 0.15) is 0 Å². The number of para-hydroxylation sites is 2. The molecule has 0 bridgehead atoms. The predicted octanol–water partition coefficient (Wildman–Crippen LogP) is 3.39. The van der Waals surface area contributed by atoms with Crippen LogP contribution in [0, 0.1) is 0 Å². The maximum Gasteiger partial charge on any atom is 0.0695 e. The van der Waals surface area contributed by atoms with Crippen molar-refractivity contribution in [2.75, 3.05) is 12.2 Å². The summed E-state index contributed by atoms with van der Waals surface area (Å²) in [7, 11) is 1.67. The molecule has 0 amide bonds. The zero-order valence-corrected chi connectivity index (χ0v) is 8.63. The summed E-state index contributed by atoms with van der Waals surface area (Å²) < 4.78 is 0. The molecule has 0 N–H and O–H groups in total. The molecule has 0 saturated carbocycles. The van der Waals surface area contributed by atoms with Crippen LogP contribution in [0.3, 0.4) is 0 Å². The van der Waals surface area contributed by atoms with E-state index < -0.39 is 0 Å². The van der Waals surface area contributed by atoms with Gasteiger partial charge >= 0.3 is 0 Å². The highest BCUT2D eigenvalue weighted by Crippen LogP contribution is 2.24. The molecule has 0 aliphatic carbocycles. The average Bonchev–Trinajstić information content (AvgIpc) is 2.33. The van der Waals surface area contributed by atoms with E-state index in [-0.39, 0.29) is 0 Å². The van der Waals surface area contributed by atoms with E-state index >= 15 is 0 Å². The van der Waals surface area contributed by atoms with Crippen molar-refractivity contribution in [1.29, 1.82) is 0 Å². The first kappa shape index (κ1) is 9.74. The zero-order chi connectivity index (χ0) is 10.5. The van der Waals surface area contributed by atoms with Crippen molar-refractivity contribution in [1.82, 2.24) is 0 Å². The molecular weight excluding hydrogens is 186 g/mol. The fraction of sp³-hybridized carbons (Fsp3) is 0.0769. The normalized spacial score (nSPS) is 9.93. The highest BCUT2D eigenvalue weighted by molar-refractivity contribution is 5.59. The van der Waals surface area contributed by atoms with Crippen molar-refractivity contribution in [3.05, 3.63) is 60.7 Å². The summed E-state index contributed by atoms with van der Waals surface area (Å²) in [5, 5.41) is 1.79. The van der Waals surface area contributed by atoms with Crippen LogP contribution >= 0.6 is 0 Å². The lowest BCUT2D eigenvalue weighted by Crippen LogP contribution is -2.14. The third-order valence-corrected chi connectivity index (χ3v) is 2.16. The van der Waals surface area contributed by atoms with Gasteiger partial charge in [0.25, 0.3) is 0 Å². The van der Waals surface area contributed by atoms with E-state index in [0.29, 0.717) is 0 Å². The van der Waals surface area contributed by atoms with Gasteiger partial charge in [0.15, 0.2) is 0 Å². The summed E-state index contributed by atoms with van der Waals surface area (Å²) >= 11 is 0. The minimum absolute atomic E-state index is 1.02. The Kier molecular flexibility index (Phi) is 3.00. The van der Waals surface area contributed by atoms with Crippen molar-refractivity contribution in [3.63, 3.8) is 0 Å². The minimum atomic E-state index is 1.02. The molecule has 0 fully saturated rings. The van der Waals surface area contributed by atoms with Crippen LogP contribution in [0.2, 0.25) is 0 Å². The first-order valence-electron chi connectivity index (χ1n) is 4.86. The lowest BCUT2D eigenvalue weighted by molar-refractivity contribution is 0.201. The smallest absolute Gasteiger partial charge is 0.0695 e. The molecule has 15 heavy (non-hydrogen) atoms. The third-order valence-electron chi connectivity index (χ3n) is 2.16. The molecule has 0 spiro atoms. The van der Waals surface area contributed by atoms with E-state index in [4.69, 9.17) is 4.84 Å². The van der Waals surface area contributed by atoms with E-state index in [2.05, 4.69) is 0 Å². The van der Waals surface area contributed by atoms with E-state index in [1.807, 2.05) is 60.7 Å². The van der Waals surface area contributed by atoms with Crippen molar-refractivity contribution in [2.24, 2.45) is 0 Å². The molecule has 76 valence electrons. The van der Waals surface area contributed by atoms with E-state index in [9.17, 15) is 0 Å². The zero-order valence-electron chi connectivity index (χ0n) is 8.63. The van der Waals surface area contributed by atoms with Gasteiger partial charge in [0.2, 0.25) is 0 Å². The van der Waals surface area contributed by atoms with Crippen molar-refractivity contribution in [2.45, 2.75) is 0 Å². The summed E-state index contributed by atoms with van der Waals surface area (Å²) in [4.78, 5) is 5.36. The van der Waals surface area contributed by atoms with Gasteiger partial charge in [0.1, 0.15) is 0 Å². The SMILES string of the molecule is CON(c1ccccc1)c1ccccc1. The summed E-state index contributed by atoms with van der Waals surface area (Å²) in [5.74, 6) is 0. The molecule has 2 aromatic carbocycles. The van der Waals surface area contributed by atoms with Gasteiger partial charge in [-0.05, 0) is 24.3 Å². The lowest BCUT2D eigenvalue weighted by atomic mass is 10.2. The number of hydrogen-bond acceptors (Lipinski definition) is 2. The van der Waals surface area contributed by atoms with Gasteiger partial charge in [-0.3, -0.25) is 4.84 Å². The topological polar surface area (TPSA) is 12.5 Å². The molecule has 0 aliphatic rings. The first-order valence-corrected chi connectivity index (χ1v) is 4.86. The Morgan fingerprint density at radius 1 is 0.733 bits per heavy atom. The maximum atomic E-state index is 5.36. The van der Waals surface area contributed by atoms with Crippen LogP contribution in [-0.4, -0.2) is 7.11 Å². The van der Waals surface area contributed by atoms with Crippen molar-refractivity contribution < 1.29 is 4.84 Å². The molecule has 0 saturated heterocycles. The van der Waals surface area contributed by atoms with Crippen LogP contribution in [0.25, 0.3) is 0 Å². The summed E-state index contributed by atoms with van der Waals surface area (Å²) in [6.07, 6.45) is 0. The Hall–Kier alpha value is -1.80. The number of nitrogens with zero attached hydrogens (tertiary/aromatic N) is 1. The van der Waals surface area contributed by atoms with E-state index in [0.717, 1.165) is 11.4 Å². The van der Waals surface area contributed by atoms with Gasteiger partial charge in [0.05, 0.1) is 18.5 Å². The number of hydrogen-bond donors (Lipinski definition) is 0. The predicted molar refractivity (Wildman–Crippen MR) is 62.0 cm³/mol. The van der Waals surface area contributed by atoms with E-state index in [1.165, 1.54) is 0 Å². The fourth-order valence-corrected chi connectivity index (χ4v) is 1.49. The Morgan fingerprint density at radius 3 is 1.47 bits per heavy atom. The average molecular weight is 199 g/mol. The molecule has 0 radical (unpaired) electrons. The maximum absolute atomic E-state index is 5.36. The highest BCUT2D eigenvalue weighted by atomic mass is 16.7. The molecule has 0 unspecified atom stereocenters. The van der Waals surface area contributed by atoms with Gasteiger partial charge in [0, 0.05) is 0 Å². The van der Waals surface area contributed by atoms with Crippen LogP contribution in [0.5, 0.6) is 0 Å². The lowest BCUT2D eigenvalue weighted by Gasteiger charge is -2.21. The molecule has 0 heterocycles. The standard InChI is InChI=1S/C13H13NO/c1-15-14(12-8-4-2-5-9-12)13-10-6-3-7-11-13/h2-11H,1H3. The van der Waals surface area contributed by atoms with Crippen LogP contribution in [0.15, 0.2) is 60.7 Å².